The van der Waals surface area contributed by atoms with Crippen LogP contribution in [-0.2, 0) is 9.53 Å². The topological polar surface area (TPSA) is 38.3 Å². The van der Waals surface area contributed by atoms with Gasteiger partial charge < -0.3 is 10.1 Å². The Balaban J connectivity index is 2.28. The van der Waals surface area contributed by atoms with Crippen LogP contribution in [0.2, 0.25) is 0 Å². The number of allylic oxidation sites excluding steroid dienone is 1. The molecule has 0 radical (unpaired) electrons. The number of anilines is 1. The van der Waals surface area contributed by atoms with Gasteiger partial charge in [0.05, 0.1) is 12.2 Å². The highest BCUT2D eigenvalue weighted by molar-refractivity contribution is 5.94. The van der Waals surface area contributed by atoms with E-state index in [0.717, 1.165) is 29.7 Å². The van der Waals surface area contributed by atoms with E-state index < -0.39 is 0 Å². The molecule has 3 heteroatoms. The third-order valence-electron chi connectivity index (χ3n) is 3.15. The van der Waals surface area contributed by atoms with Gasteiger partial charge in [0, 0.05) is 5.69 Å². The number of hydrogen-bond donors (Lipinski definition) is 1. The standard InChI is InChI=1S/C15H19NO2/c1-10-6-7-14(11(2)9-10)16-15-13(12(3)17)5-4-8-18-15/h6-7,9,16H,4-5,8H2,1-3H3. The van der Waals surface area contributed by atoms with Crippen molar-refractivity contribution in [2.75, 3.05) is 11.9 Å². The van der Waals surface area contributed by atoms with E-state index in [1.165, 1.54) is 5.56 Å². The number of carbonyl (C=O) groups is 1. The van der Waals surface area contributed by atoms with Crippen molar-refractivity contribution in [2.45, 2.75) is 33.6 Å². The quantitative estimate of drug-likeness (QED) is 0.887. The second-order valence-corrected chi connectivity index (χ2v) is 4.76. The summed E-state index contributed by atoms with van der Waals surface area (Å²) in [6, 6.07) is 6.18. The third kappa shape index (κ3) is 2.73. The van der Waals surface area contributed by atoms with Gasteiger partial charge in [0.15, 0.2) is 11.7 Å². The zero-order valence-electron chi connectivity index (χ0n) is 11.2. The van der Waals surface area contributed by atoms with E-state index in [1.54, 1.807) is 6.92 Å². The molecular formula is C15H19NO2. The molecule has 1 aromatic rings. The molecule has 1 heterocycles. The van der Waals surface area contributed by atoms with Crippen molar-refractivity contribution in [3.63, 3.8) is 0 Å². The molecule has 0 fully saturated rings. The lowest BCUT2D eigenvalue weighted by molar-refractivity contribution is -0.114. The normalized spacial score (nSPS) is 15.3. The van der Waals surface area contributed by atoms with Gasteiger partial charge in [-0.2, -0.15) is 0 Å². The van der Waals surface area contributed by atoms with E-state index >= 15 is 0 Å². The Labute approximate surface area is 108 Å². The average Bonchev–Trinajstić information content (AvgIpc) is 2.33. The lowest BCUT2D eigenvalue weighted by atomic mass is 10.1. The van der Waals surface area contributed by atoms with Gasteiger partial charge in [-0.15, -0.1) is 0 Å². The average molecular weight is 245 g/mol. The molecule has 0 atom stereocenters. The number of aryl methyl sites for hydroxylation is 2. The zero-order chi connectivity index (χ0) is 13.1. The van der Waals surface area contributed by atoms with Crippen molar-refractivity contribution in [1.29, 1.82) is 0 Å². The van der Waals surface area contributed by atoms with Crippen LogP contribution in [0.25, 0.3) is 0 Å². The van der Waals surface area contributed by atoms with Crippen molar-refractivity contribution < 1.29 is 9.53 Å². The summed E-state index contributed by atoms with van der Waals surface area (Å²) in [5.41, 5.74) is 4.14. The van der Waals surface area contributed by atoms with Crippen LogP contribution in [0.15, 0.2) is 29.7 Å². The van der Waals surface area contributed by atoms with Crippen LogP contribution in [0, 0.1) is 13.8 Å². The fourth-order valence-corrected chi connectivity index (χ4v) is 2.15. The van der Waals surface area contributed by atoms with Gasteiger partial charge in [-0.1, -0.05) is 17.7 Å². The predicted molar refractivity (Wildman–Crippen MR) is 72.4 cm³/mol. The number of benzene rings is 1. The lowest BCUT2D eigenvalue weighted by Gasteiger charge is -2.21. The Bertz CT molecular complexity index is 503. The highest BCUT2D eigenvalue weighted by Crippen LogP contribution is 2.24. The monoisotopic (exact) mass is 245 g/mol. The van der Waals surface area contributed by atoms with Gasteiger partial charge in [0.25, 0.3) is 0 Å². The van der Waals surface area contributed by atoms with Gasteiger partial charge in [-0.3, -0.25) is 4.79 Å². The number of nitrogens with one attached hydrogen (secondary N) is 1. The first kappa shape index (κ1) is 12.7. The molecule has 1 aliphatic heterocycles. The predicted octanol–water partition coefficient (Wildman–Crippen LogP) is 3.33. The van der Waals surface area contributed by atoms with Crippen molar-refractivity contribution in [2.24, 2.45) is 0 Å². The minimum Gasteiger partial charge on any atom is -0.479 e. The van der Waals surface area contributed by atoms with Crippen LogP contribution in [0.4, 0.5) is 5.69 Å². The van der Waals surface area contributed by atoms with Gasteiger partial charge in [0.2, 0.25) is 0 Å². The van der Waals surface area contributed by atoms with Gasteiger partial charge >= 0.3 is 0 Å². The minimum absolute atomic E-state index is 0.0852. The van der Waals surface area contributed by atoms with E-state index in [2.05, 4.69) is 18.3 Å². The number of ether oxygens (including phenoxy) is 1. The minimum atomic E-state index is 0.0852. The van der Waals surface area contributed by atoms with Crippen LogP contribution in [0.3, 0.4) is 0 Å². The molecule has 3 nitrogen and oxygen atoms in total. The summed E-state index contributed by atoms with van der Waals surface area (Å²) in [5, 5.41) is 3.24. The molecule has 0 amide bonds. The molecule has 1 aromatic carbocycles. The van der Waals surface area contributed by atoms with Crippen molar-refractivity contribution in [3.05, 3.63) is 40.8 Å². The van der Waals surface area contributed by atoms with Crippen LogP contribution in [-0.4, -0.2) is 12.4 Å². The largest absolute Gasteiger partial charge is 0.479 e. The summed E-state index contributed by atoms with van der Waals surface area (Å²) in [6.07, 6.45) is 1.70. The summed E-state index contributed by atoms with van der Waals surface area (Å²) < 4.78 is 5.59. The summed E-state index contributed by atoms with van der Waals surface area (Å²) in [5.74, 6) is 0.711. The number of carbonyl (C=O) groups excluding carboxylic acids is 1. The van der Waals surface area contributed by atoms with Gasteiger partial charge in [0.1, 0.15) is 0 Å². The van der Waals surface area contributed by atoms with Crippen LogP contribution in [0.5, 0.6) is 0 Å². The molecule has 0 aliphatic carbocycles. The molecule has 0 bridgehead atoms. The third-order valence-corrected chi connectivity index (χ3v) is 3.15. The maximum absolute atomic E-state index is 11.6. The Morgan fingerprint density at radius 1 is 1.33 bits per heavy atom. The SMILES string of the molecule is CC(=O)C1=C(Nc2ccc(C)cc2C)OCCC1. The zero-order valence-corrected chi connectivity index (χ0v) is 11.2. The summed E-state index contributed by atoms with van der Waals surface area (Å²) in [4.78, 5) is 11.6. The highest BCUT2D eigenvalue weighted by Gasteiger charge is 2.18. The molecule has 96 valence electrons. The molecule has 1 aliphatic rings. The van der Waals surface area contributed by atoms with E-state index in [1.807, 2.05) is 19.1 Å². The number of hydrogen-bond acceptors (Lipinski definition) is 3. The molecule has 0 aromatic heterocycles. The maximum atomic E-state index is 11.6. The fourth-order valence-electron chi connectivity index (χ4n) is 2.15. The van der Waals surface area contributed by atoms with Crippen LogP contribution >= 0.6 is 0 Å². The van der Waals surface area contributed by atoms with Crippen molar-refractivity contribution in [1.82, 2.24) is 0 Å². The number of ketones is 1. The fraction of sp³-hybridized carbons (Fsp3) is 0.400. The molecule has 18 heavy (non-hydrogen) atoms. The van der Waals surface area contributed by atoms with E-state index in [9.17, 15) is 4.79 Å². The number of rotatable bonds is 3. The second kappa shape index (κ2) is 5.25. The molecule has 0 saturated carbocycles. The first-order valence-electron chi connectivity index (χ1n) is 6.29. The Hall–Kier alpha value is -1.77. The van der Waals surface area contributed by atoms with Crippen molar-refractivity contribution in [3.8, 4) is 0 Å². The summed E-state index contributed by atoms with van der Waals surface area (Å²) >= 11 is 0. The van der Waals surface area contributed by atoms with E-state index in [0.29, 0.717) is 12.5 Å². The van der Waals surface area contributed by atoms with Crippen molar-refractivity contribution >= 4 is 11.5 Å². The van der Waals surface area contributed by atoms with E-state index in [-0.39, 0.29) is 5.78 Å². The maximum Gasteiger partial charge on any atom is 0.198 e. The van der Waals surface area contributed by atoms with Crippen LogP contribution < -0.4 is 5.32 Å². The lowest BCUT2D eigenvalue weighted by Crippen LogP contribution is -2.17. The summed E-state index contributed by atoms with van der Waals surface area (Å²) in [7, 11) is 0. The van der Waals surface area contributed by atoms with E-state index in [4.69, 9.17) is 4.74 Å². The molecule has 0 unspecified atom stereocenters. The molecule has 1 N–H and O–H groups in total. The van der Waals surface area contributed by atoms with Gasteiger partial charge in [-0.25, -0.2) is 0 Å². The summed E-state index contributed by atoms with van der Waals surface area (Å²) in [6.45, 7) is 6.37. The first-order chi connectivity index (χ1) is 8.58. The molecule has 2 rings (SSSR count). The molecule has 0 saturated heterocycles. The number of Topliss-reactive ketones (excluding diaryl/α,β-unsaturated/α-hetero) is 1. The molecule has 0 spiro atoms. The Kier molecular flexibility index (Phi) is 3.70. The highest BCUT2D eigenvalue weighted by atomic mass is 16.5. The first-order valence-corrected chi connectivity index (χ1v) is 6.29. The van der Waals surface area contributed by atoms with Gasteiger partial charge in [-0.05, 0) is 45.2 Å². The Morgan fingerprint density at radius 2 is 2.11 bits per heavy atom. The van der Waals surface area contributed by atoms with Crippen LogP contribution in [0.1, 0.15) is 30.9 Å². The smallest absolute Gasteiger partial charge is 0.198 e. The molecular weight excluding hydrogens is 226 g/mol. The second-order valence-electron chi connectivity index (χ2n) is 4.76. The Morgan fingerprint density at radius 3 is 2.78 bits per heavy atom.